The highest BCUT2D eigenvalue weighted by Gasteiger charge is 2.21. The monoisotopic (exact) mass is 614 g/mol. The van der Waals surface area contributed by atoms with Crippen LogP contribution in [0.5, 0.6) is 0 Å². The Kier molecular flexibility index (Phi) is 14.6. The summed E-state index contributed by atoms with van der Waals surface area (Å²) in [6, 6.07) is 0. The molecule has 0 fully saturated rings. The zero-order valence-corrected chi connectivity index (χ0v) is 22.8. The maximum atomic E-state index is 3.81. The smallest absolute Gasteiger partial charge is 0.0289 e. The Morgan fingerprint density at radius 2 is 0.731 bits per heavy atom. The first kappa shape index (κ1) is 25.2. The van der Waals surface area contributed by atoms with Crippen molar-refractivity contribution in [2.45, 2.75) is 99.4 Å². The lowest BCUT2D eigenvalue weighted by atomic mass is 9.85. The summed E-state index contributed by atoms with van der Waals surface area (Å²) in [5.74, 6) is 0. The van der Waals surface area contributed by atoms with Crippen LogP contribution in [-0.4, -0.2) is 0 Å². The van der Waals surface area contributed by atoms with Crippen LogP contribution in [0.1, 0.15) is 98.6 Å². The van der Waals surface area contributed by atoms with E-state index in [1.165, 1.54) is 64.2 Å². The average Bonchev–Trinajstić information content (AvgIpc) is 2.67. The summed E-state index contributed by atoms with van der Waals surface area (Å²) in [6.45, 7) is 4.57. The van der Waals surface area contributed by atoms with E-state index in [0.717, 1.165) is 21.3 Å². The van der Waals surface area contributed by atoms with E-state index in [1.54, 1.807) is 33.4 Å². The molecule has 0 nitrogen and oxygen atoms in total. The van der Waals surface area contributed by atoms with E-state index in [9.17, 15) is 0 Å². The van der Waals surface area contributed by atoms with Crippen LogP contribution in [0.2, 0.25) is 0 Å². The third kappa shape index (κ3) is 7.19. The molecule has 0 N–H and O–H groups in total. The van der Waals surface area contributed by atoms with Gasteiger partial charge in [0.1, 0.15) is 0 Å². The molecule has 0 amide bonds. The highest BCUT2D eigenvalue weighted by molar-refractivity contribution is 9.09. The molecule has 1 aromatic carbocycles. The van der Waals surface area contributed by atoms with E-state index >= 15 is 0 Å². The largest absolute Gasteiger partial charge is 0.0876 e. The van der Waals surface area contributed by atoms with Crippen LogP contribution in [0.4, 0.5) is 0 Å². The molecule has 26 heavy (non-hydrogen) atoms. The number of hydrogen-bond donors (Lipinski definition) is 0. The van der Waals surface area contributed by atoms with Gasteiger partial charge in [0.15, 0.2) is 0 Å². The third-order valence-electron chi connectivity index (χ3n) is 5.28. The molecule has 0 saturated heterocycles. The first-order chi connectivity index (χ1) is 12.7. The fourth-order valence-corrected chi connectivity index (χ4v) is 6.51. The minimum atomic E-state index is 0.960. The van der Waals surface area contributed by atoms with Gasteiger partial charge in [-0.25, -0.2) is 0 Å². The minimum absolute atomic E-state index is 0.960. The van der Waals surface area contributed by atoms with Gasteiger partial charge in [0.2, 0.25) is 0 Å². The van der Waals surface area contributed by atoms with Crippen LogP contribution >= 0.6 is 63.7 Å². The molecular weight excluding hydrogens is 584 g/mol. The summed E-state index contributed by atoms with van der Waals surface area (Å²) in [5, 5.41) is 3.84. The topological polar surface area (TPSA) is 0 Å². The Balaban J connectivity index is 3.28. The van der Waals surface area contributed by atoms with Crippen LogP contribution in [0.15, 0.2) is 0 Å². The fraction of sp³-hybridized carbons (Fsp3) is 0.727. The van der Waals surface area contributed by atoms with Gasteiger partial charge in [0.05, 0.1) is 0 Å². The molecule has 0 unspecified atom stereocenters. The maximum absolute atomic E-state index is 3.81. The molecule has 0 aliphatic rings. The molecule has 150 valence electrons. The highest BCUT2D eigenvalue weighted by atomic mass is 79.9. The number of benzene rings is 1. The number of unbranched alkanes of at least 4 members (excludes halogenated alkanes) is 6. The molecule has 0 atom stereocenters. The van der Waals surface area contributed by atoms with Gasteiger partial charge in [-0.3, -0.25) is 0 Å². The van der Waals surface area contributed by atoms with Crippen molar-refractivity contribution in [3.05, 3.63) is 33.4 Å². The van der Waals surface area contributed by atoms with Crippen LogP contribution < -0.4 is 0 Å². The zero-order chi connectivity index (χ0) is 19.4. The van der Waals surface area contributed by atoms with E-state index in [-0.39, 0.29) is 0 Å². The van der Waals surface area contributed by atoms with Crippen LogP contribution in [0.25, 0.3) is 0 Å². The lowest BCUT2D eigenvalue weighted by Crippen LogP contribution is -2.11. The molecule has 0 spiro atoms. The number of halogens is 4. The second-order valence-electron chi connectivity index (χ2n) is 7.03. The highest BCUT2D eigenvalue weighted by Crippen LogP contribution is 2.36. The Morgan fingerprint density at radius 3 is 0.962 bits per heavy atom. The van der Waals surface area contributed by atoms with Gasteiger partial charge in [0.25, 0.3) is 0 Å². The van der Waals surface area contributed by atoms with Gasteiger partial charge in [0, 0.05) is 21.3 Å². The average molecular weight is 618 g/mol. The normalized spacial score (nSPS) is 11.3. The van der Waals surface area contributed by atoms with Gasteiger partial charge in [-0.05, 0) is 59.1 Å². The van der Waals surface area contributed by atoms with E-state index in [2.05, 4.69) is 77.6 Å². The summed E-state index contributed by atoms with van der Waals surface area (Å²) in [6.07, 6.45) is 13.0. The third-order valence-corrected chi connectivity index (χ3v) is 7.52. The van der Waals surface area contributed by atoms with Crippen molar-refractivity contribution in [2.75, 3.05) is 0 Å². The molecule has 0 saturated carbocycles. The molecule has 1 rings (SSSR count). The van der Waals surface area contributed by atoms with Crippen molar-refractivity contribution >= 4 is 63.7 Å². The minimum Gasteiger partial charge on any atom is -0.0876 e. The van der Waals surface area contributed by atoms with E-state index < -0.39 is 0 Å². The lowest BCUT2D eigenvalue weighted by Gasteiger charge is -2.24. The van der Waals surface area contributed by atoms with Crippen LogP contribution in [0.3, 0.4) is 0 Å². The van der Waals surface area contributed by atoms with Gasteiger partial charge >= 0.3 is 0 Å². The molecular formula is C22H34Br4. The number of hydrogen-bond acceptors (Lipinski definition) is 0. The van der Waals surface area contributed by atoms with Crippen molar-refractivity contribution in [3.63, 3.8) is 0 Å². The quantitative estimate of drug-likeness (QED) is 0.144. The molecule has 0 heterocycles. The second kappa shape index (κ2) is 15.0. The van der Waals surface area contributed by atoms with Gasteiger partial charge < -0.3 is 0 Å². The summed E-state index contributed by atoms with van der Waals surface area (Å²) in [4.78, 5) is 0. The van der Waals surface area contributed by atoms with E-state index in [0.29, 0.717) is 0 Å². The lowest BCUT2D eigenvalue weighted by molar-refractivity contribution is 0.657. The van der Waals surface area contributed by atoms with Crippen LogP contribution in [0, 0.1) is 0 Å². The van der Waals surface area contributed by atoms with Crippen molar-refractivity contribution in [1.29, 1.82) is 0 Å². The van der Waals surface area contributed by atoms with Crippen molar-refractivity contribution < 1.29 is 0 Å². The zero-order valence-electron chi connectivity index (χ0n) is 16.4. The predicted octanol–water partition coefficient (Wildman–Crippen LogP) is 9.51. The van der Waals surface area contributed by atoms with Crippen molar-refractivity contribution in [2.24, 2.45) is 0 Å². The Labute approximate surface area is 195 Å². The van der Waals surface area contributed by atoms with E-state index in [4.69, 9.17) is 0 Å². The van der Waals surface area contributed by atoms with Crippen molar-refractivity contribution in [3.8, 4) is 0 Å². The molecule has 0 aromatic heterocycles. The SMILES string of the molecule is CCCCCCc1c(CBr)c(CBr)c(CCCCCC)c(CBr)c1CBr. The van der Waals surface area contributed by atoms with Gasteiger partial charge in [-0.15, -0.1) is 0 Å². The van der Waals surface area contributed by atoms with Gasteiger partial charge in [-0.2, -0.15) is 0 Å². The Morgan fingerprint density at radius 1 is 0.423 bits per heavy atom. The van der Waals surface area contributed by atoms with Crippen LogP contribution in [-0.2, 0) is 34.2 Å². The Hall–Kier alpha value is 1.14. The van der Waals surface area contributed by atoms with E-state index in [1.807, 2.05) is 0 Å². The standard InChI is InChI=1S/C22H34Br4/c1-3-5-7-9-11-17-19(13-23)21(15-25)18(12-10-8-6-4-2)22(16-26)20(17)14-24/h3-16H2,1-2H3. The summed E-state index contributed by atoms with van der Waals surface area (Å²) in [7, 11) is 0. The molecule has 0 radical (unpaired) electrons. The first-order valence-corrected chi connectivity index (χ1v) is 14.6. The summed E-state index contributed by atoms with van der Waals surface area (Å²) >= 11 is 15.2. The molecule has 0 bridgehead atoms. The number of rotatable bonds is 14. The molecule has 4 heteroatoms. The summed E-state index contributed by atoms with van der Waals surface area (Å²) in [5.41, 5.74) is 9.36. The fourth-order valence-electron chi connectivity index (χ4n) is 3.80. The molecule has 1 aromatic rings. The number of alkyl halides is 4. The molecule has 0 aliphatic carbocycles. The van der Waals surface area contributed by atoms with Crippen molar-refractivity contribution in [1.82, 2.24) is 0 Å². The maximum Gasteiger partial charge on any atom is 0.0289 e. The summed E-state index contributed by atoms with van der Waals surface area (Å²) < 4.78 is 0. The first-order valence-electron chi connectivity index (χ1n) is 10.1. The molecule has 0 aliphatic heterocycles. The Bertz CT molecular complexity index is 445. The van der Waals surface area contributed by atoms with Gasteiger partial charge in [-0.1, -0.05) is 116 Å². The second-order valence-corrected chi connectivity index (χ2v) is 9.27. The predicted molar refractivity (Wildman–Crippen MR) is 133 cm³/mol.